The van der Waals surface area contributed by atoms with Gasteiger partial charge >= 0.3 is 0 Å². The van der Waals surface area contributed by atoms with Gasteiger partial charge in [0, 0.05) is 11.6 Å². The molecule has 0 fully saturated rings. The number of nitrogens with one attached hydrogen (secondary N) is 2. The van der Waals surface area contributed by atoms with Gasteiger partial charge in [-0.15, -0.1) is 0 Å². The number of carbonyl (C=O) groups excluding carboxylic acids is 1. The molecule has 2 N–H and O–H groups in total. The Bertz CT molecular complexity index is 690. The Kier molecular flexibility index (Phi) is 2.49. The summed E-state index contributed by atoms with van der Waals surface area (Å²) in [4.78, 5) is 16.2. The molecule has 2 aromatic heterocycles. The highest BCUT2D eigenvalue weighted by Gasteiger charge is 2.11. The normalized spacial score (nSPS) is 10.4. The Morgan fingerprint density at radius 3 is 2.94 bits per heavy atom. The summed E-state index contributed by atoms with van der Waals surface area (Å²) >= 11 is 0. The first-order chi connectivity index (χ1) is 8.84. The van der Waals surface area contributed by atoms with Gasteiger partial charge in [0.25, 0.3) is 5.91 Å². The Labute approximate surface area is 103 Å². The largest absolute Gasteiger partial charge is 0.307 e. The molecule has 0 aliphatic heterocycles. The van der Waals surface area contributed by atoms with Gasteiger partial charge in [0.2, 0.25) is 0 Å². The summed E-state index contributed by atoms with van der Waals surface area (Å²) in [5, 5.41) is 10.3. The third-order valence-corrected chi connectivity index (χ3v) is 2.64. The lowest BCUT2D eigenvalue weighted by Gasteiger charge is -2.04. The molecule has 1 aromatic carbocycles. The van der Waals surface area contributed by atoms with E-state index in [2.05, 4.69) is 20.5 Å². The van der Waals surface area contributed by atoms with E-state index in [1.807, 2.05) is 18.2 Å². The van der Waals surface area contributed by atoms with E-state index in [-0.39, 0.29) is 5.91 Å². The van der Waals surface area contributed by atoms with Crippen molar-refractivity contribution in [2.75, 3.05) is 5.32 Å². The van der Waals surface area contributed by atoms with Crippen molar-refractivity contribution in [2.24, 2.45) is 0 Å². The molecule has 0 radical (unpaired) electrons. The number of nitrogens with zero attached hydrogens (tertiary/aromatic N) is 2. The van der Waals surface area contributed by atoms with E-state index in [0.717, 1.165) is 10.9 Å². The van der Waals surface area contributed by atoms with Gasteiger partial charge in [0.1, 0.15) is 5.82 Å². The predicted molar refractivity (Wildman–Crippen MR) is 68.3 cm³/mol. The quantitative estimate of drug-likeness (QED) is 0.719. The van der Waals surface area contributed by atoms with Crippen LogP contribution in [-0.2, 0) is 0 Å². The number of H-pyrrole nitrogens is 1. The van der Waals surface area contributed by atoms with Crippen molar-refractivity contribution in [2.45, 2.75) is 0 Å². The molecular formula is C13H10N4O. The van der Waals surface area contributed by atoms with Crippen LogP contribution in [-0.4, -0.2) is 21.1 Å². The molecule has 88 valence electrons. The number of hydrogen-bond acceptors (Lipinski definition) is 3. The van der Waals surface area contributed by atoms with E-state index < -0.39 is 0 Å². The molecule has 0 aliphatic rings. The number of fused-ring (bicyclic) bond motifs is 1. The minimum Gasteiger partial charge on any atom is -0.307 e. The zero-order valence-electron chi connectivity index (χ0n) is 9.42. The highest BCUT2D eigenvalue weighted by Crippen LogP contribution is 2.17. The summed E-state index contributed by atoms with van der Waals surface area (Å²) in [5.41, 5.74) is 1.41. The third-order valence-electron chi connectivity index (χ3n) is 2.64. The van der Waals surface area contributed by atoms with Gasteiger partial charge in [-0.25, -0.2) is 4.98 Å². The van der Waals surface area contributed by atoms with Crippen LogP contribution in [0.25, 0.3) is 10.9 Å². The summed E-state index contributed by atoms with van der Waals surface area (Å²) in [7, 11) is 0. The maximum atomic E-state index is 12.1. The summed E-state index contributed by atoms with van der Waals surface area (Å²) < 4.78 is 0. The van der Waals surface area contributed by atoms with E-state index >= 15 is 0 Å². The minimum absolute atomic E-state index is 0.194. The standard InChI is InChI=1S/C13H10N4O/c18-13(16-12-6-1-2-7-14-12)9-4-3-5-11-10(9)8-15-17-11/h1-8H,(H,15,17)(H,14,16,18). The van der Waals surface area contributed by atoms with Crippen molar-refractivity contribution in [3.8, 4) is 0 Å². The first-order valence-corrected chi connectivity index (χ1v) is 5.49. The molecule has 0 atom stereocenters. The van der Waals surface area contributed by atoms with Crippen LogP contribution in [0.2, 0.25) is 0 Å². The van der Waals surface area contributed by atoms with Gasteiger partial charge < -0.3 is 5.32 Å². The number of amides is 1. The molecule has 5 nitrogen and oxygen atoms in total. The van der Waals surface area contributed by atoms with Crippen molar-refractivity contribution in [3.05, 3.63) is 54.4 Å². The average molecular weight is 238 g/mol. The van der Waals surface area contributed by atoms with Crippen LogP contribution in [0.5, 0.6) is 0 Å². The number of pyridine rings is 1. The van der Waals surface area contributed by atoms with Crippen molar-refractivity contribution in [1.29, 1.82) is 0 Å². The number of aromatic nitrogens is 3. The highest BCUT2D eigenvalue weighted by molar-refractivity contribution is 6.11. The van der Waals surface area contributed by atoms with Crippen LogP contribution < -0.4 is 5.32 Å². The summed E-state index contributed by atoms with van der Waals surface area (Å²) in [5.74, 6) is 0.337. The van der Waals surface area contributed by atoms with E-state index in [1.165, 1.54) is 0 Å². The summed E-state index contributed by atoms with van der Waals surface area (Å²) in [6.45, 7) is 0. The summed E-state index contributed by atoms with van der Waals surface area (Å²) in [6, 6.07) is 10.8. The molecule has 0 spiro atoms. The van der Waals surface area contributed by atoms with Gasteiger partial charge in [0.05, 0.1) is 17.3 Å². The zero-order valence-corrected chi connectivity index (χ0v) is 9.42. The topological polar surface area (TPSA) is 70.7 Å². The second-order valence-electron chi connectivity index (χ2n) is 3.81. The SMILES string of the molecule is O=C(Nc1ccccn1)c1cccc2[nH]ncc12. The fourth-order valence-electron chi connectivity index (χ4n) is 1.79. The van der Waals surface area contributed by atoms with Gasteiger partial charge in [0.15, 0.2) is 0 Å². The van der Waals surface area contributed by atoms with Crippen LogP contribution in [0.4, 0.5) is 5.82 Å². The Hall–Kier alpha value is -2.69. The number of anilines is 1. The van der Waals surface area contributed by atoms with E-state index in [0.29, 0.717) is 11.4 Å². The molecular weight excluding hydrogens is 228 g/mol. The molecule has 1 amide bonds. The monoisotopic (exact) mass is 238 g/mol. The van der Waals surface area contributed by atoms with Crippen LogP contribution in [0.3, 0.4) is 0 Å². The second kappa shape index (κ2) is 4.29. The van der Waals surface area contributed by atoms with E-state index in [9.17, 15) is 4.79 Å². The Morgan fingerprint density at radius 1 is 1.17 bits per heavy atom. The molecule has 0 aliphatic carbocycles. The minimum atomic E-state index is -0.194. The zero-order chi connectivity index (χ0) is 12.4. The third kappa shape index (κ3) is 1.82. The molecule has 0 saturated heterocycles. The molecule has 0 saturated carbocycles. The van der Waals surface area contributed by atoms with Gasteiger partial charge in [-0.3, -0.25) is 9.89 Å². The van der Waals surface area contributed by atoms with Crippen molar-refractivity contribution < 1.29 is 4.79 Å². The average Bonchev–Trinajstić information content (AvgIpc) is 2.87. The van der Waals surface area contributed by atoms with Crippen LogP contribution in [0.1, 0.15) is 10.4 Å². The molecule has 18 heavy (non-hydrogen) atoms. The van der Waals surface area contributed by atoms with Crippen molar-refractivity contribution in [1.82, 2.24) is 15.2 Å². The lowest BCUT2D eigenvalue weighted by molar-refractivity contribution is 0.102. The van der Waals surface area contributed by atoms with Crippen molar-refractivity contribution in [3.63, 3.8) is 0 Å². The molecule has 2 heterocycles. The van der Waals surface area contributed by atoms with Crippen molar-refractivity contribution >= 4 is 22.6 Å². The fraction of sp³-hybridized carbons (Fsp3) is 0. The Morgan fingerprint density at radius 2 is 2.11 bits per heavy atom. The van der Waals surface area contributed by atoms with Gasteiger partial charge in [-0.05, 0) is 24.3 Å². The number of aromatic amines is 1. The van der Waals surface area contributed by atoms with Crippen LogP contribution >= 0.6 is 0 Å². The number of benzene rings is 1. The first-order valence-electron chi connectivity index (χ1n) is 5.49. The van der Waals surface area contributed by atoms with Crippen LogP contribution in [0, 0.1) is 0 Å². The van der Waals surface area contributed by atoms with E-state index in [4.69, 9.17) is 0 Å². The molecule has 3 rings (SSSR count). The number of rotatable bonds is 2. The van der Waals surface area contributed by atoms with Crippen LogP contribution in [0.15, 0.2) is 48.8 Å². The highest BCUT2D eigenvalue weighted by atomic mass is 16.1. The predicted octanol–water partition coefficient (Wildman–Crippen LogP) is 2.21. The van der Waals surface area contributed by atoms with E-state index in [1.54, 1.807) is 30.6 Å². The maximum Gasteiger partial charge on any atom is 0.257 e. The lowest BCUT2D eigenvalue weighted by Crippen LogP contribution is -2.12. The van der Waals surface area contributed by atoms with Gasteiger partial charge in [-0.2, -0.15) is 5.10 Å². The first kappa shape index (κ1) is 10.5. The molecule has 5 heteroatoms. The van der Waals surface area contributed by atoms with Gasteiger partial charge in [-0.1, -0.05) is 12.1 Å². The maximum absolute atomic E-state index is 12.1. The molecule has 0 bridgehead atoms. The Balaban J connectivity index is 1.95. The second-order valence-corrected chi connectivity index (χ2v) is 3.81. The molecule has 3 aromatic rings. The lowest BCUT2D eigenvalue weighted by atomic mass is 10.1. The number of hydrogen-bond donors (Lipinski definition) is 2. The summed E-state index contributed by atoms with van der Waals surface area (Å²) in [6.07, 6.45) is 3.27. The smallest absolute Gasteiger partial charge is 0.257 e. The molecule has 0 unspecified atom stereocenters. The number of carbonyl (C=O) groups is 1. The fourth-order valence-corrected chi connectivity index (χ4v) is 1.79.